The van der Waals surface area contributed by atoms with E-state index in [0.717, 1.165) is 12.3 Å². The largest absolute Gasteiger partial charge is 0.508 e. The SMILES string of the molecule is CCCC[C@H]1CC2(C[C@@H]3c4ccc(O)cc4CC[C@@]13C)SCCS2. The maximum Gasteiger partial charge on any atom is 0.115 e. The first kappa shape index (κ1) is 17.1. The Bertz CT molecular complexity index is 608. The van der Waals surface area contributed by atoms with Crippen LogP contribution >= 0.6 is 23.5 Å². The molecule has 4 rings (SSSR count). The number of phenolic OH excluding ortho intramolecular Hbond substituents is 1. The lowest BCUT2D eigenvalue weighted by molar-refractivity contribution is 0.0560. The quantitative estimate of drug-likeness (QED) is 0.691. The van der Waals surface area contributed by atoms with Crippen molar-refractivity contribution in [2.75, 3.05) is 11.5 Å². The molecule has 0 unspecified atom stereocenters. The molecule has 1 saturated heterocycles. The molecule has 2 fully saturated rings. The van der Waals surface area contributed by atoms with Crippen LogP contribution in [-0.4, -0.2) is 20.7 Å². The van der Waals surface area contributed by atoms with E-state index in [1.165, 1.54) is 55.6 Å². The normalized spacial score (nSPS) is 34.1. The predicted octanol–water partition coefficient (Wildman–Crippen LogP) is 6.20. The maximum absolute atomic E-state index is 9.91. The van der Waals surface area contributed by atoms with Crippen LogP contribution in [0.5, 0.6) is 5.75 Å². The number of unbranched alkanes of at least 4 members (excludes halogenated alkanes) is 1. The molecule has 1 aliphatic heterocycles. The molecule has 1 nitrogen and oxygen atoms in total. The van der Waals surface area contributed by atoms with Gasteiger partial charge in [0.1, 0.15) is 5.75 Å². The maximum atomic E-state index is 9.91. The molecular weight excluding hydrogens is 332 g/mol. The Morgan fingerprint density at radius 1 is 1.21 bits per heavy atom. The zero-order chi connectivity index (χ0) is 16.8. The van der Waals surface area contributed by atoms with Gasteiger partial charge in [-0.25, -0.2) is 0 Å². The third-order valence-corrected chi connectivity index (χ3v) is 10.5. The van der Waals surface area contributed by atoms with Crippen LogP contribution in [0.4, 0.5) is 0 Å². The molecule has 132 valence electrons. The molecule has 1 aromatic carbocycles. The fourth-order valence-corrected chi connectivity index (χ4v) is 8.98. The number of aryl methyl sites for hydroxylation is 1. The van der Waals surface area contributed by atoms with E-state index in [1.807, 2.05) is 12.1 Å². The van der Waals surface area contributed by atoms with Crippen molar-refractivity contribution in [1.29, 1.82) is 0 Å². The zero-order valence-corrected chi connectivity index (χ0v) is 16.6. The molecule has 1 heterocycles. The summed E-state index contributed by atoms with van der Waals surface area (Å²) < 4.78 is 0.467. The highest BCUT2D eigenvalue weighted by atomic mass is 32.2. The van der Waals surface area contributed by atoms with Crippen molar-refractivity contribution in [2.45, 2.75) is 68.8 Å². The third kappa shape index (κ3) is 2.80. The zero-order valence-electron chi connectivity index (χ0n) is 15.0. The second-order valence-electron chi connectivity index (χ2n) is 8.30. The van der Waals surface area contributed by atoms with Gasteiger partial charge in [-0.15, -0.1) is 23.5 Å². The van der Waals surface area contributed by atoms with E-state index in [1.54, 1.807) is 5.56 Å². The molecular formula is C21H30OS2. The lowest BCUT2D eigenvalue weighted by Gasteiger charge is -2.56. The summed E-state index contributed by atoms with van der Waals surface area (Å²) in [5.74, 6) is 4.63. The Hall–Kier alpha value is -0.280. The third-order valence-electron chi connectivity index (χ3n) is 6.96. The highest BCUT2D eigenvalue weighted by Gasteiger charge is 2.55. The topological polar surface area (TPSA) is 20.2 Å². The first-order valence-electron chi connectivity index (χ1n) is 9.66. The van der Waals surface area contributed by atoms with Gasteiger partial charge in [0.15, 0.2) is 0 Å². The van der Waals surface area contributed by atoms with Crippen LogP contribution in [0, 0.1) is 11.3 Å². The van der Waals surface area contributed by atoms with Gasteiger partial charge in [-0.2, -0.15) is 0 Å². The molecule has 3 heteroatoms. The number of fused-ring (bicyclic) bond motifs is 3. The Morgan fingerprint density at radius 3 is 2.75 bits per heavy atom. The Kier molecular flexibility index (Phi) is 4.62. The summed E-state index contributed by atoms with van der Waals surface area (Å²) >= 11 is 4.50. The van der Waals surface area contributed by atoms with Crippen LogP contribution in [0.2, 0.25) is 0 Å². The molecule has 0 radical (unpaired) electrons. The second-order valence-corrected chi connectivity index (χ2v) is 11.5. The first-order valence-corrected chi connectivity index (χ1v) is 11.6. The van der Waals surface area contributed by atoms with E-state index >= 15 is 0 Å². The minimum Gasteiger partial charge on any atom is -0.508 e. The van der Waals surface area contributed by atoms with Crippen LogP contribution in [-0.2, 0) is 6.42 Å². The lowest BCUT2D eigenvalue weighted by atomic mass is 9.53. The van der Waals surface area contributed by atoms with Crippen LogP contribution in [0.1, 0.15) is 69.4 Å². The van der Waals surface area contributed by atoms with Crippen LogP contribution in [0.3, 0.4) is 0 Å². The number of thioether (sulfide) groups is 2. The number of phenols is 1. The molecule has 1 spiro atoms. The van der Waals surface area contributed by atoms with Crippen molar-refractivity contribution in [1.82, 2.24) is 0 Å². The van der Waals surface area contributed by atoms with Gasteiger partial charge >= 0.3 is 0 Å². The summed E-state index contributed by atoms with van der Waals surface area (Å²) in [6, 6.07) is 6.20. The van der Waals surface area contributed by atoms with E-state index in [-0.39, 0.29) is 0 Å². The molecule has 1 saturated carbocycles. The lowest BCUT2D eigenvalue weighted by Crippen LogP contribution is -2.47. The monoisotopic (exact) mass is 362 g/mol. The number of hydrogen-bond acceptors (Lipinski definition) is 3. The minimum atomic E-state index is 0.440. The van der Waals surface area contributed by atoms with Gasteiger partial charge in [0.25, 0.3) is 0 Å². The van der Waals surface area contributed by atoms with E-state index in [9.17, 15) is 5.11 Å². The van der Waals surface area contributed by atoms with Gasteiger partial charge < -0.3 is 5.11 Å². The standard InChI is InChI=1S/C21H30OS2/c1-3-4-5-16-13-21(23-10-11-24-21)14-19-18-7-6-17(22)12-15(18)8-9-20(16,19)2/h6-7,12,16,19,22H,3-5,8-11,13-14H2,1-2H3/t16-,19+,20-/m0/s1. The molecule has 1 N–H and O–H groups in total. The number of aromatic hydroxyl groups is 1. The summed E-state index contributed by atoms with van der Waals surface area (Å²) in [7, 11) is 0. The van der Waals surface area contributed by atoms with Crippen LogP contribution in [0.25, 0.3) is 0 Å². The summed E-state index contributed by atoms with van der Waals surface area (Å²) in [5, 5.41) is 9.91. The van der Waals surface area contributed by atoms with Gasteiger partial charge in [-0.3, -0.25) is 0 Å². The van der Waals surface area contributed by atoms with Gasteiger partial charge in [0.05, 0.1) is 4.08 Å². The summed E-state index contributed by atoms with van der Waals surface area (Å²) in [6.07, 6.45) is 9.29. The van der Waals surface area contributed by atoms with Crippen molar-refractivity contribution < 1.29 is 5.11 Å². The fourth-order valence-electron chi connectivity index (χ4n) is 5.53. The van der Waals surface area contributed by atoms with Gasteiger partial charge in [0.2, 0.25) is 0 Å². The van der Waals surface area contributed by atoms with Crippen molar-refractivity contribution in [3.05, 3.63) is 29.3 Å². The predicted molar refractivity (Wildman–Crippen MR) is 107 cm³/mol. The summed E-state index contributed by atoms with van der Waals surface area (Å²) in [5.41, 5.74) is 3.42. The van der Waals surface area contributed by atoms with Crippen molar-refractivity contribution >= 4 is 23.5 Å². The summed E-state index contributed by atoms with van der Waals surface area (Å²) in [6.45, 7) is 4.92. The van der Waals surface area contributed by atoms with E-state index in [2.05, 4.69) is 43.4 Å². The smallest absolute Gasteiger partial charge is 0.115 e. The highest BCUT2D eigenvalue weighted by molar-refractivity contribution is 8.21. The van der Waals surface area contributed by atoms with Gasteiger partial charge in [0, 0.05) is 11.5 Å². The molecule has 3 atom stereocenters. The van der Waals surface area contributed by atoms with E-state index < -0.39 is 0 Å². The van der Waals surface area contributed by atoms with Gasteiger partial charge in [-0.05, 0) is 72.6 Å². The van der Waals surface area contributed by atoms with Gasteiger partial charge in [-0.1, -0.05) is 32.8 Å². The highest BCUT2D eigenvalue weighted by Crippen LogP contribution is 2.66. The fraction of sp³-hybridized carbons (Fsp3) is 0.714. The molecule has 3 aliphatic rings. The Balaban J connectivity index is 1.73. The second kappa shape index (κ2) is 6.46. The van der Waals surface area contributed by atoms with Crippen molar-refractivity contribution in [2.24, 2.45) is 11.3 Å². The van der Waals surface area contributed by atoms with E-state index in [0.29, 0.717) is 21.2 Å². The minimum absolute atomic E-state index is 0.440. The molecule has 24 heavy (non-hydrogen) atoms. The Morgan fingerprint density at radius 2 is 2.00 bits per heavy atom. The first-order chi connectivity index (χ1) is 11.6. The number of hydrogen-bond donors (Lipinski definition) is 1. The van der Waals surface area contributed by atoms with Crippen LogP contribution < -0.4 is 0 Å². The molecule has 0 aromatic heterocycles. The average molecular weight is 363 g/mol. The average Bonchev–Trinajstić information content (AvgIpc) is 3.02. The molecule has 0 amide bonds. The van der Waals surface area contributed by atoms with Crippen molar-refractivity contribution in [3.8, 4) is 5.75 Å². The molecule has 0 bridgehead atoms. The van der Waals surface area contributed by atoms with Crippen molar-refractivity contribution in [3.63, 3.8) is 0 Å². The molecule has 1 aromatic rings. The number of rotatable bonds is 3. The summed E-state index contributed by atoms with van der Waals surface area (Å²) in [4.78, 5) is 0. The van der Waals surface area contributed by atoms with Crippen LogP contribution in [0.15, 0.2) is 18.2 Å². The number of benzene rings is 1. The molecule has 2 aliphatic carbocycles. The van der Waals surface area contributed by atoms with E-state index in [4.69, 9.17) is 0 Å². The Labute approximate surface area is 155 Å².